The van der Waals surface area contributed by atoms with Crippen LogP contribution in [0.2, 0.25) is 0 Å². The summed E-state index contributed by atoms with van der Waals surface area (Å²) in [5.41, 5.74) is 10.9. The van der Waals surface area contributed by atoms with Crippen molar-refractivity contribution in [3.63, 3.8) is 0 Å². The van der Waals surface area contributed by atoms with E-state index < -0.39 is 0 Å². The zero-order valence-corrected chi connectivity index (χ0v) is 6.27. The van der Waals surface area contributed by atoms with Crippen LogP contribution in [0, 0.1) is 0 Å². The van der Waals surface area contributed by atoms with Crippen molar-refractivity contribution in [3.05, 3.63) is 24.3 Å². The zero-order valence-electron chi connectivity index (χ0n) is 6.27. The highest BCUT2D eigenvalue weighted by Crippen LogP contribution is 1.91. The Labute approximate surface area is 65.6 Å². The van der Waals surface area contributed by atoms with Crippen molar-refractivity contribution >= 4 is 0 Å². The molecule has 1 aromatic rings. The highest BCUT2D eigenvalue weighted by atomic mass is 14.9. The molecule has 1 heterocycles. The summed E-state index contributed by atoms with van der Waals surface area (Å²) in [6.45, 7) is 0.470. The minimum atomic E-state index is -0.0302. The zero-order chi connectivity index (χ0) is 8.10. The van der Waals surface area contributed by atoms with E-state index in [4.69, 9.17) is 11.5 Å². The lowest BCUT2D eigenvalue weighted by molar-refractivity contribution is 0.653. The standard InChI is InChI=1S/C7H12N4/c8-5-6(9)4-7-10-2-1-3-11-7/h1-3,6H,4-5,8-9H2. The topological polar surface area (TPSA) is 77.8 Å². The molecule has 0 aliphatic rings. The molecule has 0 aromatic carbocycles. The van der Waals surface area contributed by atoms with E-state index in [1.165, 1.54) is 0 Å². The Morgan fingerprint density at radius 3 is 2.55 bits per heavy atom. The largest absolute Gasteiger partial charge is 0.329 e. The molecule has 0 spiro atoms. The maximum absolute atomic E-state index is 5.60. The molecule has 0 aliphatic carbocycles. The van der Waals surface area contributed by atoms with Crippen molar-refractivity contribution in [1.82, 2.24) is 9.97 Å². The summed E-state index contributed by atoms with van der Waals surface area (Å²) in [5, 5.41) is 0. The second kappa shape index (κ2) is 4.00. The van der Waals surface area contributed by atoms with Gasteiger partial charge in [-0.3, -0.25) is 0 Å². The molecule has 0 bridgehead atoms. The molecule has 4 heteroatoms. The first-order chi connectivity index (χ1) is 5.33. The molecule has 0 aliphatic heterocycles. The molecule has 4 N–H and O–H groups in total. The molecule has 1 atom stereocenters. The molecule has 0 amide bonds. The highest BCUT2D eigenvalue weighted by Gasteiger charge is 2.01. The van der Waals surface area contributed by atoms with Gasteiger partial charge in [0, 0.05) is 31.4 Å². The molecule has 1 aromatic heterocycles. The molecule has 11 heavy (non-hydrogen) atoms. The van der Waals surface area contributed by atoms with Gasteiger partial charge in [0.2, 0.25) is 0 Å². The van der Waals surface area contributed by atoms with E-state index in [1.807, 2.05) is 0 Å². The first kappa shape index (κ1) is 8.10. The smallest absolute Gasteiger partial charge is 0.129 e. The SMILES string of the molecule is NCC(N)Cc1ncccn1. The lowest BCUT2D eigenvalue weighted by Gasteiger charge is -2.05. The number of rotatable bonds is 3. The third kappa shape index (κ3) is 2.61. The van der Waals surface area contributed by atoms with Crippen molar-refractivity contribution in [3.8, 4) is 0 Å². The maximum Gasteiger partial charge on any atom is 0.129 e. The predicted octanol–water partition coefficient (Wildman–Crippen LogP) is -0.695. The van der Waals surface area contributed by atoms with Crippen LogP contribution in [-0.2, 0) is 6.42 Å². The second-order valence-corrected chi connectivity index (χ2v) is 2.36. The summed E-state index contributed by atoms with van der Waals surface area (Å²) in [4.78, 5) is 8.04. The molecule has 0 radical (unpaired) electrons. The lowest BCUT2D eigenvalue weighted by Crippen LogP contribution is -2.32. The Bertz CT molecular complexity index is 199. The Morgan fingerprint density at radius 2 is 2.00 bits per heavy atom. The summed E-state index contributed by atoms with van der Waals surface area (Å²) >= 11 is 0. The fourth-order valence-electron chi connectivity index (χ4n) is 0.753. The monoisotopic (exact) mass is 152 g/mol. The highest BCUT2D eigenvalue weighted by molar-refractivity contribution is 4.91. The van der Waals surface area contributed by atoms with Gasteiger partial charge in [0.25, 0.3) is 0 Å². The van der Waals surface area contributed by atoms with Gasteiger partial charge >= 0.3 is 0 Å². The average molecular weight is 152 g/mol. The molecule has 0 fully saturated rings. The summed E-state index contributed by atoms with van der Waals surface area (Å²) < 4.78 is 0. The normalized spacial score (nSPS) is 12.9. The average Bonchev–Trinajstić information content (AvgIpc) is 2.06. The van der Waals surface area contributed by atoms with Crippen LogP contribution in [0.1, 0.15) is 5.82 Å². The van der Waals surface area contributed by atoms with E-state index in [2.05, 4.69) is 9.97 Å². The van der Waals surface area contributed by atoms with E-state index in [1.54, 1.807) is 18.5 Å². The van der Waals surface area contributed by atoms with E-state index in [0.717, 1.165) is 5.82 Å². The fourth-order valence-corrected chi connectivity index (χ4v) is 0.753. The van der Waals surface area contributed by atoms with Gasteiger partial charge in [-0.05, 0) is 6.07 Å². The lowest BCUT2D eigenvalue weighted by atomic mass is 10.2. The molecular weight excluding hydrogens is 140 g/mol. The van der Waals surface area contributed by atoms with Crippen LogP contribution < -0.4 is 11.5 Å². The number of hydrogen-bond donors (Lipinski definition) is 2. The fraction of sp³-hybridized carbons (Fsp3) is 0.429. The van der Waals surface area contributed by atoms with Crippen molar-refractivity contribution in [2.45, 2.75) is 12.5 Å². The molecule has 1 rings (SSSR count). The van der Waals surface area contributed by atoms with Gasteiger partial charge in [-0.2, -0.15) is 0 Å². The number of nitrogens with two attached hydrogens (primary N) is 2. The maximum atomic E-state index is 5.60. The van der Waals surface area contributed by atoms with Gasteiger partial charge in [0.1, 0.15) is 5.82 Å². The van der Waals surface area contributed by atoms with Gasteiger partial charge in [0.05, 0.1) is 0 Å². The van der Waals surface area contributed by atoms with Gasteiger partial charge < -0.3 is 11.5 Å². The minimum absolute atomic E-state index is 0.0302. The number of hydrogen-bond acceptors (Lipinski definition) is 4. The number of nitrogens with zero attached hydrogens (tertiary/aromatic N) is 2. The van der Waals surface area contributed by atoms with Crippen LogP contribution >= 0.6 is 0 Å². The minimum Gasteiger partial charge on any atom is -0.329 e. The van der Waals surface area contributed by atoms with E-state index in [0.29, 0.717) is 13.0 Å². The van der Waals surface area contributed by atoms with E-state index in [9.17, 15) is 0 Å². The van der Waals surface area contributed by atoms with Crippen LogP contribution in [0.4, 0.5) is 0 Å². The van der Waals surface area contributed by atoms with Crippen molar-refractivity contribution in [2.75, 3.05) is 6.54 Å². The second-order valence-electron chi connectivity index (χ2n) is 2.36. The van der Waals surface area contributed by atoms with E-state index in [-0.39, 0.29) is 6.04 Å². The summed E-state index contributed by atoms with van der Waals surface area (Å²) in [6, 6.07) is 1.75. The molecule has 0 saturated carbocycles. The van der Waals surface area contributed by atoms with Crippen molar-refractivity contribution in [2.24, 2.45) is 11.5 Å². The predicted molar refractivity (Wildman–Crippen MR) is 42.8 cm³/mol. The van der Waals surface area contributed by atoms with Gasteiger partial charge in [0.15, 0.2) is 0 Å². The Hall–Kier alpha value is -1.00. The Kier molecular flexibility index (Phi) is 2.95. The molecule has 4 nitrogen and oxygen atoms in total. The van der Waals surface area contributed by atoms with Crippen LogP contribution in [0.25, 0.3) is 0 Å². The first-order valence-corrected chi connectivity index (χ1v) is 3.54. The van der Waals surface area contributed by atoms with Crippen LogP contribution in [0.15, 0.2) is 18.5 Å². The van der Waals surface area contributed by atoms with Gasteiger partial charge in [-0.15, -0.1) is 0 Å². The molecule has 0 saturated heterocycles. The quantitative estimate of drug-likeness (QED) is 0.600. The molecule has 1 unspecified atom stereocenters. The Morgan fingerprint density at radius 1 is 1.36 bits per heavy atom. The van der Waals surface area contributed by atoms with Crippen molar-refractivity contribution < 1.29 is 0 Å². The van der Waals surface area contributed by atoms with Crippen LogP contribution in [0.3, 0.4) is 0 Å². The van der Waals surface area contributed by atoms with Crippen molar-refractivity contribution in [1.29, 1.82) is 0 Å². The van der Waals surface area contributed by atoms with E-state index >= 15 is 0 Å². The molecule has 60 valence electrons. The third-order valence-electron chi connectivity index (χ3n) is 1.37. The molecular formula is C7H12N4. The summed E-state index contributed by atoms with van der Waals surface area (Å²) in [5.74, 6) is 0.755. The van der Waals surface area contributed by atoms with Gasteiger partial charge in [-0.25, -0.2) is 9.97 Å². The summed E-state index contributed by atoms with van der Waals surface area (Å²) in [6.07, 6.45) is 4.05. The van der Waals surface area contributed by atoms with Crippen LogP contribution in [-0.4, -0.2) is 22.6 Å². The Balaban J connectivity index is 2.51. The number of aromatic nitrogens is 2. The first-order valence-electron chi connectivity index (χ1n) is 3.54. The van der Waals surface area contributed by atoms with Gasteiger partial charge in [-0.1, -0.05) is 0 Å². The van der Waals surface area contributed by atoms with Crippen LogP contribution in [0.5, 0.6) is 0 Å². The third-order valence-corrected chi connectivity index (χ3v) is 1.37. The summed E-state index contributed by atoms with van der Waals surface area (Å²) in [7, 11) is 0.